The van der Waals surface area contributed by atoms with Gasteiger partial charge in [0.25, 0.3) is 0 Å². The summed E-state index contributed by atoms with van der Waals surface area (Å²) in [6.07, 6.45) is 14.4. The maximum atomic E-state index is 12.1. The predicted octanol–water partition coefficient (Wildman–Crippen LogP) is 7.05. The molecule has 0 radical (unpaired) electrons. The quantitative estimate of drug-likeness (QED) is 0.467. The zero-order chi connectivity index (χ0) is 21.8. The van der Waals surface area contributed by atoms with E-state index in [2.05, 4.69) is 59.8 Å². The van der Waals surface area contributed by atoms with Crippen molar-refractivity contribution in [3.05, 3.63) is 48.3 Å². The van der Waals surface area contributed by atoms with E-state index in [0.29, 0.717) is 18.1 Å². The van der Waals surface area contributed by atoms with E-state index in [4.69, 9.17) is 0 Å². The Morgan fingerprint density at radius 3 is 2.65 bits per heavy atom. The van der Waals surface area contributed by atoms with Crippen molar-refractivity contribution in [3.8, 4) is 0 Å². The number of rotatable bonds is 1. The summed E-state index contributed by atoms with van der Waals surface area (Å²) in [4.78, 5) is 16.7. The van der Waals surface area contributed by atoms with Gasteiger partial charge in [-0.25, -0.2) is 4.98 Å². The molecule has 1 aromatic carbocycles. The molecule has 0 aliphatic heterocycles. The van der Waals surface area contributed by atoms with Crippen LogP contribution in [0.3, 0.4) is 0 Å². The highest BCUT2D eigenvalue weighted by Crippen LogP contribution is 2.65. The van der Waals surface area contributed by atoms with E-state index in [1.165, 1.54) is 36.0 Å². The van der Waals surface area contributed by atoms with E-state index in [9.17, 15) is 4.79 Å². The highest BCUT2D eigenvalue weighted by atomic mass is 16.1. The Labute approximate surface area is 186 Å². The van der Waals surface area contributed by atoms with Crippen LogP contribution in [-0.2, 0) is 4.79 Å². The lowest BCUT2D eigenvalue weighted by atomic mass is 9.48. The first kappa shape index (κ1) is 20.7. The molecule has 4 aliphatic rings. The molecule has 1 aromatic heterocycles. The summed E-state index contributed by atoms with van der Waals surface area (Å²) < 4.78 is 2.36. The number of Topliss-reactive ketones (excluding diaryl/α,β-unsaturated/α-hetero) is 1. The largest absolute Gasteiger partial charge is 0.302 e. The fraction of sp³-hybridized carbons (Fsp3) is 0.571. The van der Waals surface area contributed by atoms with Crippen molar-refractivity contribution < 1.29 is 4.79 Å². The number of carbonyl (C=O) groups is 1. The van der Waals surface area contributed by atoms with Gasteiger partial charge in [-0.3, -0.25) is 4.79 Å². The summed E-state index contributed by atoms with van der Waals surface area (Å²) in [6.45, 7) is 8.98. The molecule has 3 nitrogen and oxygen atoms in total. The monoisotopic (exact) mass is 416 g/mol. The lowest BCUT2D eigenvalue weighted by Crippen LogP contribution is -2.49. The van der Waals surface area contributed by atoms with Gasteiger partial charge in [-0.05, 0) is 67.4 Å². The first-order valence-electron chi connectivity index (χ1n) is 12.3. The molecular formula is C28H36N2O. The fourth-order valence-corrected chi connectivity index (χ4v) is 7.55. The van der Waals surface area contributed by atoms with Crippen LogP contribution >= 0.6 is 0 Å². The molecule has 0 saturated heterocycles. The number of aromatic nitrogens is 2. The second kappa shape index (κ2) is 7.46. The van der Waals surface area contributed by atoms with Crippen molar-refractivity contribution in [2.75, 3.05) is 0 Å². The van der Waals surface area contributed by atoms with Crippen molar-refractivity contribution in [2.24, 2.45) is 28.6 Å². The van der Waals surface area contributed by atoms with Crippen LogP contribution in [0.15, 0.2) is 48.3 Å². The second-order valence-corrected chi connectivity index (χ2v) is 10.4. The van der Waals surface area contributed by atoms with Crippen LogP contribution in [0, 0.1) is 28.6 Å². The highest BCUT2D eigenvalue weighted by Gasteiger charge is 2.57. The maximum absolute atomic E-state index is 12.1. The van der Waals surface area contributed by atoms with Crippen LogP contribution in [0.4, 0.5) is 0 Å². The first-order valence-corrected chi connectivity index (χ1v) is 12.3. The number of benzene rings is 1. The van der Waals surface area contributed by atoms with Crippen molar-refractivity contribution >= 4 is 22.5 Å². The standard InChI is InChI=1S/C26H30N2O.C2H6/c1-25-13-11-18(29)15-17(25)7-8-19-20-9-10-24(26(20,2)14-12-21(19)25)28-16-27-22-5-3-4-6-23(22)28;1-2/h3-7,10,16,19-21H,8-9,11-15H2,1-2H3;1-2H3. The smallest absolute Gasteiger partial charge is 0.136 e. The van der Waals surface area contributed by atoms with E-state index in [1.807, 2.05) is 20.2 Å². The van der Waals surface area contributed by atoms with Gasteiger partial charge < -0.3 is 4.57 Å². The topological polar surface area (TPSA) is 34.9 Å². The van der Waals surface area contributed by atoms with Crippen molar-refractivity contribution in [1.82, 2.24) is 9.55 Å². The molecular weight excluding hydrogens is 380 g/mol. The number of para-hydroxylation sites is 2. The average Bonchev–Trinajstić information content (AvgIpc) is 3.36. The Hall–Kier alpha value is -2.16. The SMILES string of the molecule is CC.CC12CCC(=O)CC1=CCC1C2CCC2(C)C(n3cnc4ccccc43)=CCC12. The van der Waals surface area contributed by atoms with Gasteiger partial charge in [0.1, 0.15) is 12.1 Å². The number of imidazole rings is 1. The maximum Gasteiger partial charge on any atom is 0.136 e. The van der Waals surface area contributed by atoms with Crippen LogP contribution in [0.1, 0.15) is 72.6 Å². The second-order valence-electron chi connectivity index (χ2n) is 10.4. The van der Waals surface area contributed by atoms with Crippen LogP contribution in [0.5, 0.6) is 0 Å². The van der Waals surface area contributed by atoms with Gasteiger partial charge in [-0.2, -0.15) is 0 Å². The van der Waals surface area contributed by atoms with Crippen LogP contribution < -0.4 is 0 Å². The Morgan fingerprint density at radius 2 is 1.81 bits per heavy atom. The Bertz CT molecular complexity index is 1080. The molecule has 0 amide bonds. The van der Waals surface area contributed by atoms with Gasteiger partial charge in [0.15, 0.2) is 0 Å². The molecule has 2 fully saturated rings. The van der Waals surface area contributed by atoms with Gasteiger partial charge in [0.2, 0.25) is 0 Å². The predicted molar refractivity (Wildman–Crippen MR) is 127 cm³/mol. The normalized spacial score (nSPS) is 36.5. The number of carbonyl (C=O) groups excluding carboxylic acids is 1. The van der Waals surface area contributed by atoms with Gasteiger partial charge in [-0.1, -0.05) is 57.6 Å². The minimum Gasteiger partial charge on any atom is -0.302 e. The molecule has 0 spiro atoms. The van der Waals surface area contributed by atoms with E-state index in [0.717, 1.165) is 36.6 Å². The molecule has 5 unspecified atom stereocenters. The molecule has 5 atom stereocenters. The van der Waals surface area contributed by atoms with Crippen LogP contribution in [0.2, 0.25) is 0 Å². The van der Waals surface area contributed by atoms with Gasteiger partial charge >= 0.3 is 0 Å². The summed E-state index contributed by atoms with van der Waals surface area (Å²) >= 11 is 0. The number of fused-ring (bicyclic) bond motifs is 6. The molecule has 31 heavy (non-hydrogen) atoms. The van der Waals surface area contributed by atoms with Gasteiger partial charge in [0, 0.05) is 24.0 Å². The summed E-state index contributed by atoms with van der Waals surface area (Å²) in [5.74, 6) is 2.62. The molecule has 2 saturated carbocycles. The third kappa shape index (κ3) is 2.92. The molecule has 0 bridgehead atoms. The summed E-state index contributed by atoms with van der Waals surface area (Å²) in [5, 5.41) is 0. The minimum atomic E-state index is 0.219. The number of hydrogen-bond acceptors (Lipinski definition) is 2. The van der Waals surface area contributed by atoms with Crippen molar-refractivity contribution in [3.63, 3.8) is 0 Å². The summed E-state index contributed by atoms with van der Waals surface area (Å²) in [7, 11) is 0. The molecule has 6 rings (SSSR count). The molecule has 4 aliphatic carbocycles. The number of nitrogens with zero attached hydrogens (tertiary/aromatic N) is 2. The average molecular weight is 417 g/mol. The number of ketones is 1. The number of allylic oxidation sites excluding steroid dienone is 4. The van der Waals surface area contributed by atoms with Crippen molar-refractivity contribution in [2.45, 2.75) is 72.6 Å². The molecule has 1 heterocycles. The van der Waals surface area contributed by atoms with Crippen molar-refractivity contribution in [1.29, 1.82) is 0 Å². The summed E-state index contributed by atoms with van der Waals surface area (Å²) in [6, 6.07) is 8.49. The van der Waals surface area contributed by atoms with Gasteiger partial charge in [-0.15, -0.1) is 0 Å². The molecule has 3 heteroatoms. The highest BCUT2D eigenvalue weighted by molar-refractivity contribution is 5.83. The molecule has 2 aromatic rings. The van der Waals surface area contributed by atoms with E-state index in [-0.39, 0.29) is 10.8 Å². The first-order chi connectivity index (χ1) is 15.0. The zero-order valence-corrected chi connectivity index (χ0v) is 19.5. The van der Waals surface area contributed by atoms with E-state index < -0.39 is 0 Å². The van der Waals surface area contributed by atoms with Gasteiger partial charge in [0.05, 0.1) is 11.0 Å². The number of hydrogen-bond donors (Lipinski definition) is 0. The van der Waals surface area contributed by atoms with Crippen LogP contribution in [-0.4, -0.2) is 15.3 Å². The molecule has 0 N–H and O–H groups in total. The third-order valence-corrected chi connectivity index (χ3v) is 9.19. The lowest BCUT2D eigenvalue weighted by Gasteiger charge is -2.57. The Morgan fingerprint density at radius 1 is 1.00 bits per heavy atom. The van der Waals surface area contributed by atoms with E-state index in [1.54, 1.807) is 0 Å². The molecule has 164 valence electrons. The lowest BCUT2D eigenvalue weighted by molar-refractivity contribution is -0.122. The minimum absolute atomic E-state index is 0.219. The van der Waals surface area contributed by atoms with E-state index >= 15 is 0 Å². The third-order valence-electron chi connectivity index (χ3n) is 9.19. The Balaban J connectivity index is 0.000000994. The zero-order valence-electron chi connectivity index (χ0n) is 19.5. The Kier molecular flexibility index (Phi) is 4.99. The summed E-state index contributed by atoms with van der Waals surface area (Å²) in [5.41, 5.74) is 5.71. The fourth-order valence-electron chi connectivity index (χ4n) is 7.55. The van der Waals surface area contributed by atoms with Crippen LogP contribution in [0.25, 0.3) is 16.7 Å².